The highest BCUT2D eigenvalue weighted by Gasteiger charge is 2.28. The first-order valence-corrected chi connectivity index (χ1v) is 11.4. The van der Waals surface area contributed by atoms with Crippen LogP contribution in [0.5, 0.6) is 11.5 Å². The molecule has 10 heteroatoms. The van der Waals surface area contributed by atoms with E-state index in [2.05, 4.69) is 9.44 Å². The van der Waals surface area contributed by atoms with Crippen molar-refractivity contribution in [3.63, 3.8) is 0 Å². The Morgan fingerprint density at radius 3 is 2.11 bits per heavy atom. The first-order chi connectivity index (χ1) is 12.9. The molecule has 0 amide bonds. The summed E-state index contributed by atoms with van der Waals surface area (Å²) in [6, 6.07) is 9.98. The molecule has 8 nitrogen and oxygen atoms in total. The van der Waals surface area contributed by atoms with E-state index < -0.39 is 20.0 Å². The molecule has 0 aromatic heterocycles. The zero-order chi connectivity index (χ0) is 19.1. The van der Waals surface area contributed by atoms with Gasteiger partial charge in [0.05, 0.1) is 15.5 Å². The van der Waals surface area contributed by atoms with Gasteiger partial charge >= 0.3 is 0 Å². The Morgan fingerprint density at radius 2 is 1.44 bits per heavy atom. The maximum absolute atomic E-state index is 12.7. The van der Waals surface area contributed by atoms with Gasteiger partial charge in [0.25, 0.3) is 10.0 Å². The lowest BCUT2D eigenvalue weighted by atomic mass is 10.2. The summed E-state index contributed by atoms with van der Waals surface area (Å²) in [7, 11) is -7.55. The summed E-state index contributed by atoms with van der Waals surface area (Å²) in [5, 5.41) is 0. The minimum atomic E-state index is -3.92. The minimum Gasteiger partial charge on any atom is -0.486 e. The predicted octanol–water partition coefficient (Wildman–Crippen LogP) is 1.70. The predicted molar refractivity (Wildman–Crippen MR) is 98.0 cm³/mol. The van der Waals surface area contributed by atoms with Crippen LogP contribution in [0.25, 0.3) is 0 Å². The SMILES string of the molecule is O=S(=O)(Nc1cccc2c1OCCO2)c1ccc(S(=O)(=O)NC2CC2)cc1. The first-order valence-electron chi connectivity index (χ1n) is 8.39. The number of rotatable bonds is 6. The molecule has 0 atom stereocenters. The number of para-hydroxylation sites is 1. The fraction of sp³-hybridized carbons (Fsp3) is 0.294. The Labute approximate surface area is 157 Å². The molecular formula is C17H18N2O6S2. The Kier molecular flexibility index (Phi) is 4.49. The van der Waals surface area contributed by atoms with E-state index in [0.717, 1.165) is 12.8 Å². The van der Waals surface area contributed by atoms with Gasteiger partial charge in [0, 0.05) is 6.04 Å². The van der Waals surface area contributed by atoms with Crippen molar-refractivity contribution < 1.29 is 26.3 Å². The van der Waals surface area contributed by atoms with Crippen LogP contribution in [0.15, 0.2) is 52.3 Å². The highest BCUT2D eigenvalue weighted by atomic mass is 32.2. The van der Waals surface area contributed by atoms with Gasteiger partial charge in [-0.2, -0.15) is 0 Å². The van der Waals surface area contributed by atoms with E-state index in [9.17, 15) is 16.8 Å². The van der Waals surface area contributed by atoms with Crippen molar-refractivity contribution in [2.45, 2.75) is 28.7 Å². The van der Waals surface area contributed by atoms with Gasteiger partial charge in [-0.25, -0.2) is 21.6 Å². The molecule has 0 radical (unpaired) electrons. The molecule has 0 unspecified atom stereocenters. The van der Waals surface area contributed by atoms with Gasteiger partial charge < -0.3 is 9.47 Å². The number of anilines is 1. The van der Waals surface area contributed by atoms with E-state index in [1.54, 1.807) is 18.2 Å². The van der Waals surface area contributed by atoms with Crippen molar-refractivity contribution in [3.05, 3.63) is 42.5 Å². The van der Waals surface area contributed by atoms with Crippen LogP contribution in [-0.2, 0) is 20.0 Å². The normalized spacial score (nSPS) is 16.7. The maximum Gasteiger partial charge on any atom is 0.262 e. The topological polar surface area (TPSA) is 111 Å². The molecule has 1 aliphatic carbocycles. The van der Waals surface area contributed by atoms with Crippen LogP contribution in [0.4, 0.5) is 5.69 Å². The van der Waals surface area contributed by atoms with E-state index in [0.29, 0.717) is 24.7 Å². The average molecular weight is 410 g/mol. The molecule has 1 aliphatic heterocycles. The number of hydrogen-bond donors (Lipinski definition) is 2. The van der Waals surface area contributed by atoms with Gasteiger partial charge in [0.15, 0.2) is 11.5 Å². The molecule has 1 saturated carbocycles. The summed E-state index contributed by atoms with van der Waals surface area (Å²) < 4.78 is 65.7. The standard InChI is InChI=1S/C17H18N2O6S2/c20-26(21,18-12-4-5-12)13-6-8-14(9-7-13)27(22,23)19-15-2-1-3-16-17(15)25-11-10-24-16/h1-3,6-9,12,18-19H,4-5,10-11H2. The number of sulfonamides is 2. The van der Waals surface area contributed by atoms with Gasteiger partial charge in [0.1, 0.15) is 13.2 Å². The second kappa shape index (κ2) is 6.70. The van der Waals surface area contributed by atoms with Crippen LogP contribution < -0.4 is 18.9 Å². The van der Waals surface area contributed by atoms with Crippen LogP contribution in [0.2, 0.25) is 0 Å². The summed E-state index contributed by atoms with van der Waals surface area (Å²) in [6.45, 7) is 0.723. The smallest absolute Gasteiger partial charge is 0.262 e. The lowest BCUT2D eigenvalue weighted by Gasteiger charge is -2.21. The molecule has 27 heavy (non-hydrogen) atoms. The first kappa shape index (κ1) is 18.1. The molecule has 1 heterocycles. The Balaban J connectivity index is 1.57. The van der Waals surface area contributed by atoms with Crippen LogP contribution in [0.3, 0.4) is 0 Å². The van der Waals surface area contributed by atoms with Crippen molar-refractivity contribution in [2.75, 3.05) is 17.9 Å². The van der Waals surface area contributed by atoms with E-state index in [4.69, 9.17) is 9.47 Å². The Bertz CT molecular complexity index is 1060. The van der Waals surface area contributed by atoms with E-state index in [1.807, 2.05) is 0 Å². The molecule has 1 fully saturated rings. The molecule has 2 N–H and O–H groups in total. The third-order valence-corrected chi connectivity index (χ3v) is 7.07. The lowest BCUT2D eigenvalue weighted by Crippen LogP contribution is -2.25. The zero-order valence-electron chi connectivity index (χ0n) is 14.2. The molecule has 0 spiro atoms. The quantitative estimate of drug-likeness (QED) is 0.750. The average Bonchev–Trinajstić information content (AvgIpc) is 3.45. The van der Waals surface area contributed by atoms with Crippen LogP contribution in [0, 0.1) is 0 Å². The van der Waals surface area contributed by atoms with Gasteiger partial charge in [-0.05, 0) is 49.2 Å². The fourth-order valence-corrected chi connectivity index (χ4v) is 5.01. The highest BCUT2D eigenvalue weighted by molar-refractivity contribution is 7.92. The van der Waals surface area contributed by atoms with Crippen molar-refractivity contribution in [1.29, 1.82) is 0 Å². The molecular weight excluding hydrogens is 392 g/mol. The summed E-state index contributed by atoms with van der Waals surface area (Å²) >= 11 is 0. The van der Waals surface area contributed by atoms with Gasteiger partial charge in [-0.15, -0.1) is 0 Å². The Hall–Kier alpha value is -2.30. The molecule has 4 rings (SSSR count). The summed E-state index contributed by atoms with van der Waals surface area (Å²) in [5.74, 6) is 0.800. The minimum absolute atomic E-state index is 0.0217. The highest BCUT2D eigenvalue weighted by Crippen LogP contribution is 2.38. The molecule has 2 aromatic carbocycles. The third-order valence-electron chi connectivity index (χ3n) is 4.15. The third kappa shape index (κ3) is 3.87. The lowest BCUT2D eigenvalue weighted by molar-refractivity contribution is 0.172. The van der Waals surface area contributed by atoms with Crippen LogP contribution in [0.1, 0.15) is 12.8 Å². The maximum atomic E-state index is 12.7. The number of hydrogen-bond acceptors (Lipinski definition) is 6. The van der Waals surface area contributed by atoms with Crippen LogP contribution >= 0.6 is 0 Å². The van der Waals surface area contributed by atoms with Crippen molar-refractivity contribution in [3.8, 4) is 11.5 Å². The van der Waals surface area contributed by atoms with Gasteiger partial charge in [-0.1, -0.05) is 6.07 Å². The number of nitrogens with one attached hydrogen (secondary N) is 2. The van der Waals surface area contributed by atoms with Crippen molar-refractivity contribution in [2.24, 2.45) is 0 Å². The number of fused-ring (bicyclic) bond motifs is 1. The summed E-state index contributed by atoms with van der Waals surface area (Å²) in [5.41, 5.74) is 0.263. The van der Waals surface area contributed by atoms with E-state index >= 15 is 0 Å². The van der Waals surface area contributed by atoms with Crippen LogP contribution in [-0.4, -0.2) is 36.1 Å². The number of ether oxygens (including phenoxy) is 2. The number of benzene rings is 2. The molecule has 144 valence electrons. The molecule has 0 bridgehead atoms. The van der Waals surface area contributed by atoms with Gasteiger partial charge in [0.2, 0.25) is 10.0 Å². The van der Waals surface area contributed by atoms with Crippen molar-refractivity contribution in [1.82, 2.24) is 4.72 Å². The molecule has 2 aromatic rings. The van der Waals surface area contributed by atoms with Crippen molar-refractivity contribution >= 4 is 25.7 Å². The second-order valence-corrected chi connectivity index (χ2v) is 9.70. The molecule has 0 saturated heterocycles. The largest absolute Gasteiger partial charge is 0.486 e. The zero-order valence-corrected chi connectivity index (χ0v) is 15.8. The van der Waals surface area contributed by atoms with E-state index in [1.165, 1.54) is 24.3 Å². The summed E-state index contributed by atoms with van der Waals surface area (Å²) in [4.78, 5) is -0.0237. The molecule has 2 aliphatic rings. The monoisotopic (exact) mass is 410 g/mol. The Morgan fingerprint density at radius 1 is 0.815 bits per heavy atom. The fourth-order valence-electron chi connectivity index (χ4n) is 2.64. The summed E-state index contributed by atoms with van der Waals surface area (Å²) in [6.07, 6.45) is 1.64. The second-order valence-electron chi connectivity index (χ2n) is 6.30. The van der Waals surface area contributed by atoms with Gasteiger partial charge in [-0.3, -0.25) is 4.72 Å². The van der Waals surface area contributed by atoms with E-state index in [-0.39, 0.29) is 21.5 Å².